The van der Waals surface area contributed by atoms with E-state index in [1.807, 2.05) is 43.3 Å². The monoisotopic (exact) mass is 376 g/mol. The molecule has 0 aliphatic carbocycles. The van der Waals surface area contributed by atoms with E-state index in [9.17, 15) is 4.79 Å². The summed E-state index contributed by atoms with van der Waals surface area (Å²) in [4.78, 5) is 14.9. The van der Waals surface area contributed by atoms with Gasteiger partial charge in [0.15, 0.2) is 0 Å². The number of benzene rings is 1. The maximum atomic E-state index is 12.6. The van der Waals surface area contributed by atoms with Gasteiger partial charge in [0, 0.05) is 30.6 Å². The summed E-state index contributed by atoms with van der Waals surface area (Å²) in [6, 6.07) is 11.5. The van der Waals surface area contributed by atoms with Gasteiger partial charge in [0.25, 0.3) is 0 Å². The number of amides is 1. The van der Waals surface area contributed by atoms with Crippen molar-refractivity contribution >= 4 is 17.5 Å². The van der Waals surface area contributed by atoms with Gasteiger partial charge in [-0.1, -0.05) is 30.7 Å². The molecule has 1 amide bonds. The SMILES string of the molecule is CC(Cc1ccc(Cl)cc1)C(=O)NCC(c1ccco1)N1CCOCC1. The van der Waals surface area contributed by atoms with E-state index in [4.69, 9.17) is 20.8 Å². The summed E-state index contributed by atoms with van der Waals surface area (Å²) >= 11 is 5.92. The van der Waals surface area contributed by atoms with Crippen LogP contribution in [0.4, 0.5) is 0 Å². The molecule has 1 aromatic carbocycles. The van der Waals surface area contributed by atoms with E-state index in [1.165, 1.54) is 0 Å². The number of hydrogen-bond donors (Lipinski definition) is 1. The first-order valence-electron chi connectivity index (χ1n) is 9.01. The second-order valence-corrected chi connectivity index (χ2v) is 7.09. The molecule has 1 N–H and O–H groups in total. The Kier molecular flexibility index (Phi) is 6.72. The molecule has 1 saturated heterocycles. The fraction of sp³-hybridized carbons (Fsp3) is 0.450. The molecule has 2 unspecified atom stereocenters. The summed E-state index contributed by atoms with van der Waals surface area (Å²) in [5.74, 6) is 0.806. The van der Waals surface area contributed by atoms with Crippen molar-refractivity contribution in [2.45, 2.75) is 19.4 Å². The molecule has 2 aromatic rings. The first-order chi connectivity index (χ1) is 12.6. The van der Waals surface area contributed by atoms with E-state index in [0.717, 1.165) is 24.4 Å². The highest BCUT2D eigenvalue weighted by atomic mass is 35.5. The highest BCUT2D eigenvalue weighted by molar-refractivity contribution is 6.30. The topological polar surface area (TPSA) is 54.7 Å². The normalized spacial score (nSPS) is 17.6. The summed E-state index contributed by atoms with van der Waals surface area (Å²) < 4.78 is 11.0. The molecule has 1 aliphatic rings. The van der Waals surface area contributed by atoms with Crippen molar-refractivity contribution in [1.29, 1.82) is 0 Å². The number of hydrogen-bond acceptors (Lipinski definition) is 4. The van der Waals surface area contributed by atoms with Crippen LogP contribution in [-0.2, 0) is 16.0 Å². The summed E-state index contributed by atoms with van der Waals surface area (Å²) in [7, 11) is 0. The Morgan fingerprint density at radius 3 is 2.62 bits per heavy atom. The molecule has 2 heterocycles. The summed E-state index contributed by atoms with van der Waals surface area (Å²) in [5, 5.41) is 3.80. The van der Waals surface area contributed by atoms with Gasteiger partial charge in [0.1, 0.15) is 5.76 Å². The van der Waals surface area contributed by atoms with Gasteiger partial charge >= 0.3 is 0 Å². The fourth-order valence-corrected chi connectivity index (χ4v) is 3.34. The van der Waals surface area contributed by atoms with Gasteiger partial charge in [-0.15, -0.1) is 0 Å². The molecule has 5 nitrogen and oxygen atoms in total. The van der Waals surface area contributed by atoms with Crippen LogP contribution < -0.4 is 5.32 Å². The third kappa shape index (κ3) is 5.10. The number of nitrogens with one attached hydrogen (secondary N) is 1. The van der Waals surface area contributed by atoms with Crippen LogP contribution in [0.2, 0.25) is 5.02 Å². The maximum Gasteiger partial charge on any atom is 0.223 e. The second kappa shape index (κ2) is 9.21. The first kappa shape index (κ1) is 19.0. The van der Waals surface area contributed by atoms with Crippen molar-refractivity contribution in [3.63, 3.8) is 0 Å². The van der Waals surface area contributed by atoms with E-state index < -0.39 is 0 Å². The van der Waals surface area contributed by atoms with E-state index in [1.54, 1.807) is 6.26 Å². The second-order valence-electron chi connectivity index (χ2n) is 6.66. The number of carbonyl (C=O) groups is 1. The van der Waals surface area contributed by atoms with Crippen LogP contribution >= 0.6 is 11.6 Å². The lowest BCUT2D eigenvalue weighted by Gasteiger charge is -2.33. The van der Waals surface area contributed by atoms with Crippen molar-refractivity contribution in [2.75, 3.05) is 32.8 Å². The number of carbonyl (C=O) groups excluding carboxylic acids is 1. The molecule has 1 fully saturated rings. The number of halogens is 1. The molecule has 26 heavy (non-hydrogen) atoms. The Hall–Kier alpha value is -1.82. The number of ether oxygens (including phenoxy) is 1. The summed E-state index contributed by atoms with van der Waals surface area (Å²) in [6.07, 6.45) is 2.36. The van der Waals surface area contributed by atoms with Gasteiger partial charge in [-0.3, -0.25) is 9.69 Å². The van der Waals surface area contributed by atoms with Gasteiger partial charge in [-0.05, 0) is 36.2 Å². The number of furan rings is 1. The zero-order chi connectivity index (χ0) is 18.4. The lowest BCUT2D eigenvalue weighted by atomic mass is 10.0. The standard InChI is InChI=1S/C20H25ClN2O3/c1-15(13-16-4-6-17(21)7-5-16)20(24)22-14-18(19-3-2-10-26-19)23-8-11-25-12-9-23/h2-7,10,15,18H,8-9,11-14H2,1H3,(H,22,24). The van der Waals surface area contributed by atoms with Crippen LogP contribution in [0.25, 0.3) is 0 Å². The zero-order valence-corrected chi connectivity index (χ0v) is 15.7. The molecule has 0 spiro atoms. The van der Waals surface area contributed by atoms with Crippen LogP contribution in [0.15, 0.2) is 47.1 Å². The van der Waals surface area contributed by atoms with Gasteiger partial charge in [0.2, 0.25) is 5.91 Å². The first-order valence-corrected chi connectivity index (χ1v) is 9.38. The Balaban J connectivity index is 1.57. The van der Waals surface area contributed by atoms with Crippen molar-refractivity contribution in [1.82, 2.24) is 10.2 Å². The predicted molar refractivity (Wildman–Crippen MR) is 101 cm³/mol. The summed E-state index contributed by atoms with van der Waals surface area (Å²) in [5.41, 5.74) is 1.10. The molecule has 2 atom stereocenters. The van der Waals surface area contributed by atoms with Gasteiger partial charge in [-0.25, -0.2) is 0 Å². The number of nitrogens with zero attached hydrogens (tertiary/aromatic N) is 1. The van der Waals surface area contributed by atoms with Crippen LogP contribution in [0, 0.1) is 5.92 Å². The number of rotatable bonds is 7. The lowest BCUT2D eigenvalue weighted by molar-refractivity contribution is -0.124. The van der Waals surface area contributed by atoms with Crippen molar-refractivity contribution in [2.24, 2.45) is 5.92 Å². The molecular formula is C20H25ClN2O3. The minimum absolute atomic E-state index is 0.0283. The van der Waals surface area contributed by atoms with Crippen molar-refractivity contribution in [3.05, 3.63) is 59.0 Å². The van der Waals surface area contributed by atoms with E-state index >= 15 is 0 Å². The van der Waals surface area contributed by atoms with Crippen LogP contribution in [-0.4, -0.2) is 43.7 Å². The number of morpholine rings is 1. The Bertz CT molecular complexity index is 682. The molecule has 6 heteroatoms. The molecule has 1 aliphatic heterocycles. The Morgan fingerprint density at radius 1 is 1.23 bits per heavy atom. The smallest absolute Gasteiger partial charge is 0.223 e. The molecule has 0 saturated carbocycles. The lowest BCUT2D eigenvalue weighted by Crippen LogP contribution is -2.44. The molecule has 0 radical (unpaired) electrons. The predicted octanol–water partition coefficient (Wildman–Crippen LogP) is 3.30. The largest absolute Gasteiger partial charge is 0.468 e. The third-order valence-electron chi connectivity index (χ3n) is 4.73. The third-order valence-corrected chi connectivity index (χ3v) is 4.98. The minimum Gasteiger partial charge on any atom is -0.468 e. The van der Waals surface area contributed by atoms with Crippen molar-refractivity contribution < 1.29 is 13.9 Å². The van der Waals surface area contributed by atoms with Crippen LogP contribution in [0.1, 0.15) is 24.3 Å². The minimum atomic E-state index is -0.113. The van der Waals surface area contributed by atoms with Crippen LogP contribution in [0.3, 0.4) is 0 Å². The average molecular weight is 377 g/mol. The Labute approximate surface area is 159 Å². The molecule has 3 rings (SSSR count). The van der Waals surface area contributed by atoms with E-state index in [2.05, 4.69) is 10.2 Å². The highest BCUT2D eigenvalue weighted by Crippen LogP contribution is 2.22. The average Bonchev–Trinajstić information content (AvgIpc) is 3.19. The van der Waals surface area contributed by atoms with E-state index in [-0.39, 0.29) is 17.9 Å². The van der Waals surface area contributed by atoms with Crippen molar-refractivity contribution in [3.8, 4) is 0 Å². The molecule has 1 aromatic heterocycles. The molecular weight excluding hydrogens is 352 g/mol. The molecule has 0 bridgehead atoms. The van der Waals surface area contributed by atoms with Crippen LogP contribution in [0.5, 0.6) is 0 Å². The van der Waals surface area contributed by atoms with Gasteiger partial charge in [0.05, 0.1) is 25.5 Å². The zero-order valence-electron chi connectivity index (χ0n) is 15.0. The summed E-state index contributed by atoms with van der Waals surface area (Å²) in [6.45, 7) is 5.55. The van der Waals surface area contributed by atoms with Gasteiger partial charge in [-0.2, -0.15) is 0 Å². The molecule has 140 valence electrons. The highest BCUT2D eigenvalue weighted by Gasteiger charge is 2.26. The van der Waals surface area contributed by atoms with E-state index in [0.29, 0.717) is 31.2 Å². The maximum absolute atomic E-state index is 12.6. The fourth-order valence-electron chi connectivity index (χ4n) is 3.22. The van der Waals surface area contributed by atoms with Gasteiger partial charge < -0.3 is 14.5 Å². The quantitative estimate of drug-likeness (QED) is 0.805. The Morgan fingerprint density at radius 2 is 1.96 bits per heavy atom.